The molecule has 1 aromatic carbocycles. The van der Waals surface area contributed by atoms with Crippen molar-refractivity contribution in [3.8, 4) is 0 Å². The molecule has 0 radical (unpaired) electrons. The van der Waals surface area contributed by atoms with E-state index in [0.717, 1.165) is 75.2 Å². The van der Waals surface area contributed by atoms with Gasteiger partial charge in [-0.15, -0.1) is 0 Å². The molecular weight excluding hydrogens is 482 g/mol. The van der Waals surface area contributed by atoms with Crippen molar-refractivity contribution in [2.75, 3.05) is 27.2 Å². The number of likely N-dealkylation sites (N-methyl/N-ethyl adjacent to an activating group) is 1. The van der Waals surface area contributed by atoms with Gasteiger partial charge in [0, 0.05) is 44.9 Å². The third-order valence-corrected chi connectivity index (χ3v) is 9.31. The molecule has 4 nitrogen and oxygen atoms in total. The van der Waals surface area contributed by atoms with Gasteiger partial charge in [-0.25, -0.2) is 13.6 Å². The van der Waals surface area contributed by atoms with Crippen LogP contribution in [0.1, 0.15) is 107 Å². The Bertz CT molecular complexity index is 1010. The molecule has 0 bridgehead atoms. The third-order valence-electron chi connectivity index (χ3n) is 9.31. The van der Waals surface area contributed by atoms with Crippen LogP contribution in [0, 0.1) is 23.5 Å². The van der Waals surface area contributed by atoms with Gasteiger partial charge in [0.25, 0.3) is 0 Å². The molecule has 0 aromatic heterocycles. The lowest BCUT2D eigenvalue weighted by Crippen LogP contribution is -2.37. The summed E-state index contributed by atoms with van der Waals surface area (Å²) < 4.78 is 34.7. The number of rotatable bonds is 8. The van der Waals surface area contributed by atoms with Gasteiger partial charge in [0.15, 0.2) is 0 Å². The predicted molar refractivity (Wildman–Crippen MR) is 147 cm³/mol. The van der Waals surface area contributed by atoms with E-state index in [2.05, 4.69) is 0 Å². The van der Waals surface area contributed by atoms with Crippen molar-refractivity contribution in [2.45, 2.75) is 108 Å². The maximum atomic E-state index is 14.7. The van der Waals surface area contributed by atoms with Crippen LogP contribution < -0.4 is 0 Å². The minimum absolute atomic E-state index is 0.0975. The number of ether oxygens (including phenoxy) is 1. The fourth-order valence-electron chi connectivity index (χ4n) is 5.88. The minimum atomic E-state index is -0.359. The molecule has 1 aromatic rings. The first-order valence-corrected chi connectivity index (χ1v) is 15.1. The second-order valence-corrected chi connectivity index (χ2v) is 12.9. The van der Waals surface area contributed by atoms with Gasteiger partial charge in [0.05, 0.1) is 0 Å². The fraction of sp³-hybridized carbons (Fsp3) is 0.719. The van der Waals surface area contributed by atoms with Crippen LogP contribution in [0.15, 0.2) is 23.4 Å². The van der Waals surface area contributed by atoms with Crippen LogP contribution in [0.25, 0.3) is 0 Å². The Balaban J connectivity index is 0.000000190. The number of amides is 1. The van der Waals surface area contributed by atoms with Crippen LogP contribution >= 0.6 is 0 Å². The second-order valence-electron chi connectivity index (χ2n) is 12.9. The molecule has 6 heteroatoms. The number of piperidine rings is 1. The van der Waals surface area contributed by atoms with E-state index in [1.54, 1.807) is 12.1 Å². The summed E-state index contributed by atoms with van der Waals surface area (Å²) >= 11 is 0. The highest BCUT2D eigenvalue weighted by molar-refractivity contribution is 5.68. The molecule has 210 valence electrons. The van der Waals surface area contributed by atoms with E-state index < -0.39 is 0 Å². The fourth-order valence-corrected chi connectivity index (χ4v) is 5.88. The Hall–Kier alpha value is -2.11. The molecule has 0 spiro atoms. The normalized spacial score (nSPS) is 25.1. The summed E-state index contributed by atoms with van der Waals surface area (Å²) in [5.74, 6) is 1.26. The number of carbonyl (C=O) groups is 1. The van der Waals surface area contributed by atoms with E-state index in [1.165, 1.54) is 44.1 Å². The molecule has 1 aliphatic heterocycles. The summed E-state index contributed by atoms with van der Waals surface area (Å²) in [4.78, 5) is 15.4. The summed E-state index contributed by atoms with van der Waals surface area (Å²) in [5, 5.41) is 0. The standard InChI is InChI=1S/C22H29F2N.C10H17NO2/c1-25(2)22(15-4-3-5-15)13-19-20(23)11-17(12-21(19)24)18-10-16(18)9-8-14-6-7-14;1-10(5-6-10)13-9(12)11-7-3-2-4-8-11/h11-12,14,16,18H,3-10,13H2,1-2H3;2-8H2,1H3. The number of hydrogen-bond donors (Lipinski definition) is 0. The molecule has 1 saturated heterocycles. The average Bonchev–Trinajstić information content (AvgIpc) is 3.73. The molecule has 2 unspecified atom stereocenters. The first-order chi connectivity index (χ1) is 18.2. The van der Waals surface area contributed by atoms with Gasteiger partial charge in [-0.1, -0.05) is 24.8 Å². The van der Waals surface area contributed by atoms with E-state index in [9.17, 15) is 13.6 Å². The second kappa shape index (κ2) is 11.6. The summed E-state index contributed by atoms with van der Waals surface area (Å²) in [6, 6.07) is 3.22. The van der Waals surface area contributed by atoms with Crippen molar-refractivity contribution in [1.82, 2.24) is 9.80 Å². The van der Waals surface area contributed by atoms with Crippen molar-refractivity contribution >= 4 is 6.09 Å². The maximum absolute atomic E-state index is 14.7. The number of halogens is 2. The summed E-state index contributed by atoms with van der Waals surface area (Å²) in [6.07, 6.45) is 15.6. The Morgan fingerprint density at radius 2 is 1.68 bits per heavy atom. The molecule has 4 aliphatic carbocycles. The number of nitrogens with zero attached hydrogens (tertiary/aromatic N) is 2. The lowest BCUT2D eigenvalue weighted by Gasteiger charge is -2.27. The van der Waals surface area contributed by atoms with Crippen LogP contribution in [0.5, 0.6) is 0 Å². The topological polar surface area (TPSA) is 32.8 Å². The molecule has 0 N–H and O–H groups in total. The molecule has 1 amide bonds. The zero-order valence-electron chi connectivity index (χ0n) is 23.7. The van der Waals surface area contributed by atoms with E-state index in [-0.39, 0.29) is 28.9 Å². The zero-order chi connectivity index (χ0) is 26.9. The van der Waals surface area contributed by atoms with Gasteiger partial charge < -0.3 is 14.5 Å². The van der Waals surface area contributed by atoms with Gasteiger partial charge in [0.2, 0.25) is 0 Å². The average molecular weight is 529 g/mol. The molecule has 6 rings (SSSR count). The lowest BCUT2D eigenvalue weighted by molar-refractivity contribution is 0.0537. The first kappa shape index (κ1) is 27.5. The van der Waals surface area contributed by atoms with Crippen LogP contribution in [0.2, 0.25) is 0 Å². The SMILES string of the molecule is CC1(OC(=O)N2CCCCC2)CC1.CN(C)C(Cc1c(F)cc(C2CC2CCC2CC2)cc1F)=C1CCC1. The van der Waals surface area contributed by atoms with Crippen molar-refractivity contribution < 1.29 is 18.3 Å². The highest BCUT2D eigenvalue weighted by Gasteiger charge is 2.43. The van der Waals surface area contributed by atoms with E-state index >= 15 is 0 Å². The largest absolute Gasteiger partial charge is 0.443 e. The molecule has 1 heterocycles. The van der Waals surface area contributed by atoms with Crippen molar-refractivity contribution in [3.05, 3.63) is 46.2 Å². The summed E-state index contributed by atoms with van der Waals surface area (Å²) in [5.41, 5.74) is 3.44. The Kier molecular flexibility index (Phi) is 8.35. The van der Waals surface area contributed by atoms with Crippen molar-refractivity contribution in [2.24, 2.45) is 11.8 Å². The van der Waals surface area contributed by atoms with Gasteiger partial charge in [-0.2, -0.15) is 0 Å². The summed E-state index contributed by atoms with van der Waals surface area (Å²) in [7, 11) is 3.94. The highest BCUT2D eigenvalue weighted by atomic mass is 19.1. The molecule has 2 atom stereocenters. The van der Waals surface area contributed by atoms with Crippen LogP contribution in [0.3, 0.4) is 0 Å². The van der Waals surface area contributed by atoms with Gasteiger partial charge in [-0.3, -0.25) is 0 Å². The first-order valence-electron chi connectivity index (χ1n) is 15.1. The lowest BCUT2D eigenvalue weighted by atomic mass is 9.88. The molecular formula is C32H46F2N2O2. The van der Waals surface area contributed by atoms with Gasteiger partial charge >= 0.3 is 6.09 Å². The van der Waals surface area contributed by atoms with Crippen molar-refractivity contribution in [1.29, 1.82) is 0 Å². The van der Waals surface area contributed by atoms with Crippen LogP contribution in [0.4, 0.5) is 13.6 Å². The van der Waals surface area contributed by atoms with Crippen LogP contribution in [-0.4, -0.2) is 48.7 Å². The Labute approximate surface area is 227 Å². The molecule has 5 fully saturated rings. The molecule has 4 saturated carbocycles. The minimum Gasteiger partial charge on any atom is -0.443 e. The van der Waals surface area contributed by atoms with E-state index in [0.29, 0.717) is 18.3 Å². The highest BCUT2D eigenvalue weighted by Crippen LogP contribution is 2.52. The number of hydrogen-bond acceptors (Lipinski definition) is 3. The van der Waals surface area contributed by atoms with Crippen molar-refractivity contribution in [3.63, 3.8) is 0 Å². The number of allylic oxidation sites excluding steroid dienone is 2. The monoisotopic (exact) mass is 528 g/mol. The maximum Gasteiger partial charge on any atom is 0.410 e. The Morgan fingerprint density at radius 1 is 1.03 bits per heavy atom. The zero-order valence-corrected chi connectivity index (χ0v) is 23.7. The number of carbonyl (C=O) groups excluding carboxylic acids is 1. The van der Waals surface area contributed by atoms with Crippen LogP contribution in [-0.2, 0) is 11.2 Å². The quantitative estimate of drug-likeness (QED) is 0.343. The number of likely N-dealkylation sites (tertiary alicyclic amines) is 1. The summed E-state index contributed by atoms with van der Waals surface area (Å²) in [6.45, 7) is 3.78. The predicted octanol–water partition coefficient (Wildman–Crippen LogP) is 7.96. The van der Waals surface area contributed by atoms with E-state index in [1.807, 2.05) is 30.8 Å². The van der Waals surface area contributed by atoms with Gasteiger partial charge in [0.1, 0.15) is 17.2 Å². The van der Waals surface area contributed by atoms with Gasteiger partial charge in [-0.05, 0) is 107 Å². The Morgan fingerprint density at radius 3 is 2.21 bits per heavy atom. The molecule has 38 heavy (non-hydrogen) atoms. The smallest absolute Gasteiger partial charge is 0.410 e. The third kappa shape index (κ3) is 7.09. The molecule has 5 aliphatic rings. The number of benzene rings is 1. The van der Waals surface area contributed by atoms with E-state index in [4.69, 9.17) is 4.74 Å².